The van der Waals surface area contributed by atoms with Crippen LogP contribution in [0, 0.1) is 0 Å². The molecule has 132 valence electrons. The molecule has 0 aliphatic heterocycles. The first kappa shape index (κ1) is 16.1. The normalized spacial score (nSPS) is 11.1. The fourth-order valence-corrected chi connectivity index (χ4v) is 3.07. The fraction of sp³-hybridized carbons (Fsp3) is 0.211. The van der Waals surface area contributed by atoms with E-state index in [4.69, 9.17) is 4.74 Å². The van der Waals surface area contributed by atoms with Crippen molar-refractivity contribution in [1.29, 1.82) is 0 Å². The van der Waals surface area contributed by atoms with Gasteiger partial charge in [-0.15, -0.1) is 5.10 Å². The summed E-state index contributed by atoms with van der Waals surface area (Å²) in [5.41, 5.74) is 2.80. The van der Waals surface area contributed by atoms with Gasteiger partial charge in [-0.25, -0.2) is 9.67 Å². The standard InChI is InChI=1S/C19H19N5O2/c1-26-18-13-14(25)7-8-15(18)19-20-9-12-23(19)10-4-11-24-17-6-3-2-5-16(17)21-22-24/h2-3,5-9,12-13,25H,4,10-11H2,1H3. The van der Waals surface area contributed by atoms with Gasteiger partial charge in [-0.3, -0.25) is 0 Å². The molecule has 4 rings (SSSR count). The van der Waals surface area contributed by atoms with Crippen LogP contribution in [-0.4, -0.2) is 36.8 Å². The van der Waals surface area contributed by atoms with Crippen molar-refractivity contribution in [2.75, 3.05) is 7.11 Å². The van der Waals surface area contributed by atoms with Gasteiger partial charge >= 0.3 is 0 Å². The van der Waals surface area contributed by atoms with Crippen LogP contribution in [0.3, 0.4) is 0 Å². The topological polar surface area (TPSA) is 78.0 Å². The Hall–Kier alpha value is -3.35. The molecule has 0 unspecified atom stereocenters. The van der Waals surface area contributed by atoms with Crippen LogP contribution < -0.4 is 4.74 Å². The monoisotopic (exact) mass is 349 g/mol. The maximum absolute atomic E-state index is 9.65. The first-order valence-corrected chi connectivity index (χ1v) is 8.43. The van der Waals surface area contributed by atoms with Crippen LogP contribution in [0.25, 0.3) is 22.4 Å². The van der Waals surface area contributed by atoms with Gasteiger partial charge in [0.05, 0.1) is 18.2 Å². The Bertz CT molecular complexity index is 1040. The third-order valence-corrected chi connectivity index (χ3v) is 4.33. The van der Waals surface area contributed by atoms with Crippen molar-refractivity contribution >= 4 is 11.0 Å². The molecule has 7 heteroatoms. The van der Waals surface area contributed by atoms with E-state index >= 15 is 0 Å². The van der Waals surface area contributed by atoms with Crippen LogP contribution >= 0.6 is 0 Å². The number of ether oxygens (including phenoxy) is 1. The number of methoxy groups -OCH3 is 1. The molecule has 0 aliphatic carbocycles. The molecule has 0 spiro atoms. The summed E-state index contributed by atoms with van der Waals surface area (Å²) in [7, 11) is 1.58. The third-order valence-electron chi connectivity index (χ3n) is 4.33. The number of benzene rings is 2. The van der Waals surface area contributed by atoms with E-state index in [0.29, 0.717) is 5.75 Å². The molecule has 0 amide bonds. The number of aromatic nitrogens is 5. The number of fused-ring (bicyclic) bond motifs is 1. The Balaban J connectivity index is 1.51. The summed E-state index contributed by atoms with van der Waals surface area (Å²) in [5, 5.41) is 18.1. The minimum absolute atomic E-state index is 0.168. The number of phenolic OH excluding ortho intramolecular Hbond substituents is 1. The predicted octanol–water partition coefficient (Wildman–Crippen LogP) is 3.10. The van der Waals surface area contributed by atoms with Crippen molar-refractivity contribution in [2.24, 2.45) is 0 Å². The number of hydrogen-bond donors (Lipinski definition) is 1. The number of rotatable bonds is 6. The molecule has 0 saturated heterocycles. The minimum atomic E-state index is 0.168. The van der Waals surface area contributed by atoms with E-state index in [2.05, 4.69) is 19.9 Å². The lowest BCUT2D eigenvalue weighted by Gasteiger charge is -2.11. The smallest absolute Gasteiger partial charge is 0.143 e. The molecule has 0 fully saturated rings. The molecule has 2 heterocycles. The van der Waals surface area contributed by atoms with Gasteiger partial charge in [0.25, 0.3) is 0 Å². The maximum atomic E-state index is 9.65. The van der Waals surface area contributed by atoms with Gasteiger partial charge in [-0.05, 0) is 30.7 Å². The number of para-hydroxylation sites is 1. The fourth-order valence-electron chi connectivity index (χ4n) is 3.07. The van der Waals surface area contributed by atoms with Crippen LogP contribution in [0.15, 0.2) is 54.9 Å². The van der Waals surface area contributed by atoms with E-state index < -0.39 is 0 Å². The van der Waals surface area contributed by atoms with Gasteiger partial charge < -0.3 is 14.4 Å². The maximum Gasteiger partial charge on any atom is 0.143 e. The molecule has 0 radical (unpaired) electrons. The molecule has 26 heavy (non-hydrogen) atoms. The van der Waals surface area contributed by atoms with Crippen molar-refractivity contribution in [3.63, 3.8) is 0 Å². The van der Waals surface area contributed by atoms with Crippen molar-refractivity contribution in [3.8, 4) is 22.9 Å². The van der Waals surface area contributed by atoms with E-state index in [1.54, 1.807) is 25.4 Å². The molecule has 4 aromatic rings. The quantitative estimate of drug-likeness (QED) is 0.579. The summed E-state index contributed by atoms with van der Waals surface area (Å²) in [4.78, 5) is 4.46. The number of imidazole rings is 1. The van der Waals surface area contributed by atoms with E-state index in [9.17, 15) is 5.11 Å². The number of phenols is 1. The highest BCUT2D eigenvalue weighted by atomic mass is 16.5. The van der Waals surface area contributed by atoms with E-state index in [-0.39, 0.29) is 5.75 Å². The Morgan fingerprint density at radius 2 is 2.00 bits per heavy atom. The van der Waals surface area contributed by atoms with Crippen molar-refractivity contribution in [2.45, 2.75) is 19.5 Å². The Labute approximate surface area is 150 Å². The lowest BCUT2D eigenvalue weighted by Crippen LogP contribution is -2.06. The summed E-state index contributed by atoms with van der Waals surface area (Å²) in [6, 6.07) is 13.0. The van der Waals surface area contributed by atoms with Gasteiger partial charge in [0.15, 0.2) is 0 Å². The van der Waals surface area contributed by atoms with Crippen molar-refractivity contribution in [1.82, 2.24) is 24.5 Å². The number of aromatic hydroxyl groups is 1. The summed E-state index contributed by atoms with van der Waals surface area (Å²) in [5.74, 6) is 1.58. The van der Waals surface area contributed by atoms with Crippen LogP contribution in [0.5, 0.6) is 11.5 Å². The highest BCUT2D eigenvalue weighted by Gasteiger charge is 2.12. The molecule has 0 atom stereocenters. The molecule has 0 saturated carbocycles. The lowest BCUT2D eigenvalue weighted by atomic mass is 10.1. The van der Waals surface area contributed by atoms with E-state index in [0.717, 1.165) is 41.9 Å². The first-order chi connectivity index (χ1) is 12.8. The van der Waals surface area contributed by atoms with E-state index in [1.165, 1.54) is 0 Å². The van der Waals surface area contributed by atoms with Crippen LogP contribution in [0.4, 0.5) is 0 Å². The zero-order valence-corrected chi connectivity index (χ0v) is 14.4. The Kier molecular flexibility index (Phi) is 4.27. The van der Waals surface area contributed by atoms with Gasteiger partial charge in [0.1, 0.15) is 22.8 Å². The zero-order chi connectivity index (χ0) is 17.9. The van der Waals surface area contributed by atoms with Gasteiger partial charge in [-0.2, -0.15) is 0 Å². The molecular formula is C19H19N5O2. The Morgan fingerprint density at radius 3 is 2.88 bits per heavy atom. The second kappa shape index (κ2) is 6.87. The average Bonchev–Trinajstić information content (AvgIpc) is 3.29. The number of nitrogens with zero attached hydrogens (tertiary/aromatic N) is 5. The molecule has 1 N–H and O–H groups in total. The predicted molar refractivity (Wildman–Crippen MR) is 98.0 cm³/mol. The Morgan fingerprint density at radius 1 is 1.12 bits per heavy atom. The third kappa shape index (κ3) is 2.99. The highest BCUT2D eigenvalue weighted by Crippen LogP contribution is 2.32. The van der Waals surface area contributed by atoms with E-state index in [1.807, 2.05) is 41.2 Å². The summed E-state index contributed by atoms with van der Waals surface area (Å²) in [6.45, 7) is 1.55. The molecule has 2 aromatic carbocycles. The highest BCUT2D eigenvalue weighted by molar-refractivity contribution is 5.73. The second-order valence-electron chi connectivity index (χ2n) is 5.98. The summed E-state index contributed by atoms with van der Waals surface area (Å²) in [6.07, 6.45) is 4.60. The van der Waals surface area contributed by atoms with Crippen LogP contribution in [0.1, 0.15) is 6.42 Å². The van der Waals surface area contributed by atoms with Crippen LogP contribution in [-0.2, 0) is 13.1 Å². The summed E-state index contributed by atoms with van der Waals surface area (Å²) < 4.78 is 9.38. The molecule has 2 aromatic heterocycles. The number of aryl methyl sites for hydroxylation is 2. The lowest BCUT2D eigenvalue weighted by molar-refractivity contribution is 0.408. The van der Waals surface area contributed by atoms with Gasteiger partial charge in [-0.1, -0.05) is 17.3 Å². The summed E-state index contributed by atoms with van der Waals surface area (Å²) >= 11 is 0. The molecular weight excluding hydrogens is 330 g/mol. The molecule has 0 aliphatic rings. The second-order valence-corrected chi connectivity index (χ2v) is 5.98. The average molecular weight is 349 g/mol. The first-order valence-electron chi connectivity index (χ1n) is 8.43. The molecule has 0 bridgehead atoms. The number of hydrogen-bond acceptors (Lipinski definition) is 5. The van der Waals surface area contributed by atoms with Gasteiger partial charge in [0.2, 0.25) is 0 Å². The van der Waals surface area contributed by atoms with Crippen molar-refractivity contribution in [3.05, 3.63) is 54.9 Å². The SMILES string of the molecule is COc1cc(O)ccc1-c1nccn1CCCn1nnc2ccccc21. The minimum Gasteiger partial charge on any atom is -0.508 e. The molecule has 7 nitrogen and oxygen atoms in total. The van der Waals surface area contributed by atoms with Crippen molar-refractivity contribution < 1.29 is 9.84 Å². The largest absolute Gasteiger partial charge is 0.508 e. The zero-order valence-electron chi connectivity index (χ0n) is 14.4. The van der Waals surface area contributed by atoms with Gasteiger partial charge in [0, 0.05) is 31.5 Å². The van der Waals surface area contributed by atoms with Crippen LogP contribution in [0.2, 0.25) is 0 Å².